The van der Waals surface area contributed by atoms with Crippen LogP contribution in [0.15, 0.2) is 29.9 Å². The molecule has 2 aromatic heterocycles. The molecule has 20 heavy (non-hydrogen) atoms. The number of rotatable bonds is 7. The Kier molecular flexibility index (Phi) is 4.95. The van der Waals surface area contributed by atoms with Crippen LogP contribution < -0.4 is 10.6 Å². The van der Waals surface area contributed by atoms with Gasteiger partial charge in [0.1, 0.15) is 18.0 Å². The van der Waals surface area contributed by atoms with Gasteiger partial charge in [0.15, 0.2) is 0 Å². The second-order valence-corrected chi connectivity index (χ2v) is 6.38. The van der Waals surface area contributed by atoms with Crippen LogP contribution in [0.4, 0.5) is 11.6 Å². The molecule has 0 radical (unpaired) electrons. The van der Waals surface area contributed by atoms with Gasteiger partial charge in [-0.25, -0.2) is 9.97 Å². The van der Waals surface area contributed by atoms with Crippen LogP contribution in [0, 0.1) is 0 Å². The summed E-state index contributed by atoms with van der Waals surface area (Å²) in [7, 11) is 0. The van der Waals surface area contributed by atoms with Crippen molar-refractivity contribution in [2.75, 3.05) is 23.7 Å². The van der Waals surface area contributed by atoms with Crippen molar-refractivity contribution in [2.45, 2.75) is 32.6 Å². The monoisotopic (exact) mass is 290 g/mol. The van der Waals surface area contributed by atoms with Crippen LogP contribution in [-0.4, -0.2) is 23.1 Å². The Morgan fingerprint density at radius 1 is 1.20 bits per heavy atom. The van der Waals surface area contributed by atoms with E-state index in [2.05, 4.69) is 58.9 Å². The molecule has 5 heteroatoms. The summed E-state index contributed by atoms with van der Waals surface area (Å²) >= 11 is 1.79. The predicted octanol–water partition coefficient (Wildman–Crippen LogP) is 3.75. The minimum absolute atomic E-state index is 0.0934. The van der Waals surface area contributed by atoms with Crippen LogP contribution in [0.25, 0.3) is 0 Å². The average Bonchev–Trinajstić information content (AvgIpc) is 2.98. The minimum atomic E-state index is 0.0934. The first kappa shape index (κ1) is 14.8. The van der Waals surface area contributed by atoms with Gasteiger partial charge in [0.2, 0.25) is 0 Å². The molecule has 0 saturated heterocycles. The molecule has 4 nitrogen and oxygen atoms in total. The maximum absolute atomic E-state index is 4.27. The molecule has 2 N–H and O–H groups in total. The van der Waals surface area contributed by atoms with Crippen LogP contribution >= 0.6 is 11.3 Å². The molecule has 2 rings (SSSR count). The van der Waals surface area contributed by atoms with Crippen molar-refractivity contribution in [3.63, 3.8) is 0 Å². The number of hydrogen-bond donors (Lipinski definition) is 2. The highest BCUT2D eigenvalue weighted by Crippen LogP contribution is 2.27. The second-order valence-electron chi connectivity index (χ2n) is 5.43. The zero-order valence-corrected chi connectivity index (χ0v) is 13.1. The predicted molar refractivity (Wildman–Crippen MR) is 86.6 cm³/mol. The quantitative estimate of drug-likeness (QED) is 0.815. The molecule has 2 heterocycles. The lowest BCUT2D eigenvalue weighted by molar-refractivity contribution is 0.568. The molecule has 0 amide bonds. The molecule has 0 unspecified atom stereocenters. The van der Waals surface area contributed by atoms with E-state index in [0.717, 1.165) is 31.1 Å². The summed E-state index contributed by atoms with van der Waals surface area (Å²) in [6, 6.07) is 6.24. The van der Waals surface area contributed by atoms with Gasteiger partial charge in [-0.15, -0.1) is 11.3 Å². The summed E-state index contributed by atoms with van der Waals surface area (Å²) < 4.78 is 0. The van der Waals surface area contributed by atoms with Gasteiger partial charge >= 0.3 is 0 Å². The van der Waals surface area contributed by atoms with Crippen LogP contribution in [0.1, 0.15) is 32.1 Å². The van der Waals surface area contributed by atoms with Crippen molar-refractivity contribution in [1.29, 1.82) is 0 Å². The van der Waals surface area contributed by atoms with Crippen molar-refractivity contribution < 1.29 is 0 Å². The van der Waals surface area contributed by atoms with Crippen molar-refractivity contribution in [3.05, 3.63) is 34.8 Å². The van der Waals surface area contributed by atoms with Gasteiger partial charge in [-0.1, -0.05) is 26.8 Å². The van der Waals surface area contributed by atoms with Crippen LogP contribution in [0.5, 0.6) is 0 Å². The van der Waals surface area contributed by atoms with E-state index in [1.165, 1.54) is 4.88 Å². The lowest BCUT2D eigenvalue weighted by Crippen LogP contribution is -2.26. The number of nitrogens with zero attached hydrogens (tertiary/aromatic N) is 2. The number of thiophene rings is 1. The number of hydrogen-bond acceptors (Lipinski definition) is 5. The van der Waals surface area contributed by atoms with Gasteiger partial charge in [0.05, 0.1) is 0 Å². The molecule has 0 saturated carbocycles. The van der Waals surface area contributed by atoms with Gasteiger partial charge in [0.25, 0.3) is 0 Å². The van der Waals surface area contributed by atoms with Gasteiger partial charge < -0.3 is 10.6 Å². The van der Waals surface area contributed by atoms with E-state index < -0.39 is 0 Å². The van der Waals surface area contributed by atoms with E-state index in [4.69, 9.17) is 0 Å². The van der Waals surface area contributed by atoms with Crippen molar-refractivity contribution in [2.24, 2.45) is 0 Å². The van der Waals surface area contributed by atoms with E-state index in [1.54, 1.807) is 17.7 Å². The van der Waals surface area contributed by atoms with Crippen LogP contribution in [0.2, 0.25) is 0 Å². The molecular formula is C15H22N4S. The summed E-state index contributed by atoms with van der Waals surface area (Å²) in [6.07, 6.45) is 2.68. The van der Waals surface area contributed by atoms with E-state index in [0.29, 0.717) is 0 Å². The average molecular weight is 290 g/mol. The fourth-order valence-corrected chi connectivity index (χ4v) is 2.72. The van der Waals surface area contributed by atoms with E-state index >= 15 is 0 Å². The maximum Gasteiger partial charge on any atom is 0.131 e. The van der Waals surface area contributed by atoms with Crippen LogP contribution in [-0.2, 0) is 5.41 Å². The largest absolute Gasteiger partial charge is 0.370 e. The third-order valence-corrected chi connectivity index (χ3v) is 4.36. The summed E-state index contributed by atoms with van der Waals surface area (Å²) in [5, 5.41) is 8.80. The molecule has 0 aliphatic carbocycles. The molecule has 108 valence electrons. The summed E-state index contributed by atoms with van der Waals surface area (Å²) in [4.78, 5) is 9.86. The normalized spacial score (nSPS) is 11.3. The molecule has 0 aliphatic rings. The summed E-state index contributed by atoms with van der Waals surface area (Å²) in [6.45, 7) is 8.39. The van der Waals surface area contributed by atoms with Crippen molar-refractivity contribution in [3.8, 4) is 0 Å². The topological polar surface area (TPSA) is 49.8 Å². The first-order valence-electron chi connectivity index (χ1n) is 6.95. The van der Waals surface area contributed by atoms with Gasteiger partial charge in [-0.3, -0.25) is 0 Å². The lowest BCUT2D eigenvalue weighted by atomic mass is 9.91. The van der Waals surface area contributed by atoms with E-state index in [9.17, 15) is 0 Å². The lowest BCUT2D eigenvalue weighted by Gasteiger charge is -2.24. The Balaban J connectivity index is 1.96. The summed E-state index contributed by atoms with van der Waals surface area (Å²) in [5.41, 5.74) is 0.0934. The molecule has 0 bridgehead atoms. The first-order valence-corrected chi connectivity index (χ1v) is 7.83. The smallest absolute Gasteiger partial charge is 0.131 e. The van der Waals surface area contributed by atoms with Gasteiger partial charge in [-0.05, 0) is 17.9 Å². The van der Waals surface area contributed by atoms with Gasteiger partial charge in [-0.2, -0.15) is 0 Å². The number of anilines is 2. The molecule has 0 aromatic carbocycles. The molecular weight excluding hydrogens is 268 g/mol. The standard InChI is InChI=1S/C15H22N4S/c1-4-7-16-13-9-14(19-11-18-13)17-10-15(2,3)12-6-5-8-20-12/h5-6,8-9,11H,4,7,10H2,1-3H3,(H2,16,17,18,19). The molecule has 2 aromatic rings. The van der Waals surface area contributed by atoms with Gasteiger partial charge in [0, 0.05) is 29.4 Å². The summed E-state index contributed by atoms with van der Waals surface area (Å²) in [5.74, 6) is 1.74. The maximum atomic E-state index is 4.27. The highest BCUT2D eigenvalue weighted by atomic mass is 32.1. The Bertz CT molecular complexity index is 522. The first-order chi connectivity index (χ1) is 9.62. The zero-order valence-electron chi connectivity index (χ0n) is 12.3. The zero-order chi connectivity index (χ0) is 14.4. The Morgan fingerprint density at radius 3 is 2.60 bits per heavy atom. The third kappa shape index (κ3) is 3.93. The third-order valence-electron chi connectivity index (χ3n) is 3.12. The Hall–Kier alpha value is -1.62. The van der Waals surface area contributed by atoms with E-state index in [-0.39, 0.29) is 5.41 Å². The molecule has 0 atom stereocenters. The second kappa shape index (κ2) is 6.70. The number of nitrogens with one attached hydrogen (secondary N) is 2. The Morgan fingerprint density at radius 2 is 1.95 bits per heavy atom. The SMILES string of the molecule is CCCNc1cc(NCC(C)(C)c2cccs2)ncn1. The van der Waals surface area contributed by atoms with Crippen molar-refractivity contribution >= 4 is 23.0 Å². The Labute approximate surface area is 124 Å². The highest BCUT2D eigenvalue weighted by Gasteiger charge is 2.21. The fraction of sp³-hybridized carbons (Fsp3) is 0.467. The molecule has 0 aliphatic heterocycles. The van der Waals surface area contributed by atoms with E-state index in [1.807, 2.05) is 6.07 Å². The minimum Gasteiger partial charge on any atom is -0.370 e. The molecule has 0 spiro atoms. The fourth-order valence-electron chi connectivity index (χ4n) is 1.87. The number of aromatic nitrogens is 2. The molecule has 0 fully saturated rings. The van der Waals surface area contributed by atoms with Crippen LogP contribution in [0.3, 0.4) is 0 Å². The highest BCUT2D eigenvalue weighted by molar-refractivity contribution is 7.10. The van der Waals surface area contributed by atoms with Crippen molar-refractivity contribution in [1.82, 2.24) is 9.97 Å².